The lowest BCUT2D eigenvalue weighted by Gasteiger charge is -2.21. The van der Waals surface area contributed by atoms with Crippen LogP contribution >= 0.6 is 15.6 Å². The lowest BCUT2D eigenvalue weighted by atomic mass is 10.0. The zero-order chi connectivity index (χ0) is 50.9. The Hall–Kier alpha value is -3.32. The highest BCUT2D eigenvalue weighted by Gasteiger charge is 2.46. The number of aliphatic hydroxyl groups is 3. The molecular formula is C48H81N3O16P2. The van der Waals surface area contributed by atoms with Crippen molar-refractivity contribution >= 4 is 33.4 Å². The minimum absolute atomic E-state index is 0.0188. The maximum atomic E-state index is 12.8. The molecule has 2 rings (SSSR count). The van der Waals surface area contributed by atoms with Gasteiger partial charge in [0.15, 0.2) is 12.3 Å². The Labute approximate surface area is 408 Å². The third kappa shape index (κ3) is 29.6. The summed E-state index contributed by atoms with van der Waals surface area (Å²) in [7, 11) is -10.9. The van der Waals surface area contributed by atoms with Gasteiger partial charge in [-0.05, 0) is 56.9 Å². The predicted molar refractivity (Wildman–Crippen MR) is 262 cm³/mol. The monoisotopic (exact) mass is 1020 g/mol. The second kappa shape index (κ2) is 35.7. The Morgan fingerprint density at radius 2 is 1.45 bits per heavy atom. The summed E-state index contributed by atoms with van der Waals surface area (Å²) in [6.07, 6.45) is 26.8. The van der Waals surface area contributed by atoms with Crippen molar-refractivity contribution in [3.05, 3.63) is 71.4 Å². The van der Waals surface area contributed by atoms with Crippen LogP contribution in [-0.2, 0) is 46.3 Å². The number of nitrogens with two attached hydrogens (primary N) is 1. The summed E-state index contributed by atoms with van der Waals surface area (Å²) in [6, 6.07) is 1.24. The van der Waals surface area contributed by atoms with Crippen LogP contribution in [0.1, 0.15) is 162 Å². The van der Waals surface area contributed by atoms with Crippen LogP contribution in [0.4, 0.5) is 5.82 Å². The Morgan fingerprint density at radius 1 is 0.812 bits per heavy atom. The topological polar surface area (TPSA) is 286 Å². The first-order valence-corrected chi connectivity index (χ1v) is 27.6. The first-order valence-electron chi connectivity index (χ1n) is 24.6. The molecule has 21 heteroatoms. The molecule has 7 N–H and O–H groups in total. The smallest absolute Gasteiger partial charge is 0.462 e. The predicted octanol–water partition coefficient (Wildman–Crippen LogP) is 8.60. The second-order valence-corrected chi connectivity index (χ2v) is 20.7. The molecule has 2 unspecified atom stereocenters. The molecule has 1 aliphatic heterocycles. The number of phosphoric acid groups is 2. The van der Waals surface area contributed by atoms with Crippen molar-refractivity contribution in [2.24, 2.45) is 5.92 Å². The number of unbranched alkanes of at least 4 members (excludes halogenated alkanes) is 13. The van der Waals surface area contributed by atoms with E-state index in [9.17, 15) is 48.6 Å². The van der Waals surface area contributed by atoms with E-state index in [0.29, 0.717) is 32.1 Å². The number of carbonyl (C=O) groups is 2. The van der Waals surface area contributed by atoms with E-state index in [1.54, 1.807) is 12.2 Å². The molecule has 0 amide bonds. The van der Waals surface area contributed by atoms with Gasteiger partial charge < -0.3 is 45.1 Å². The van der Waals surface area contributed by atoms with Crippen molar-refractivity contribution in [1.82, 2.24) is 9.55 Å². The Morgan fingerprint density at radius 3 is 2.13 bits per heavy atom. The number of aromatic nitrogens is 2. The number of esters is 2. The maximum absolute atomic E-state index is 12.8. The molecule has 0 radical (unpaired) electrons. The van der Waals surface area contributed by atoms with Gasteiger partial charge in [0.25, 0.3) is 0 Å². The number of hydrogen-bond acceptors (Lipinski definition) is 16. The number of ether oxygens (including phenoxy) is 3. The van der Waals surface area contributed by atoms with E-state index in [2.05, 4.69) is 36.1 Å². The number of hydrogen-bond donors (Lipinski definition) is 6. The molecule has 1 aromatic heterocycles. The summed E-state index contributed by atoms with van der Waals surface area (Å²) in [5, 5.41) is 31.0. The van der Waals surface area contributed by atoms with Gasteiger partial charge in [-0.1, -0.05) is 146 Å². The summed E-state index contributed by atoms with van der Waals surface area (Å²) in [6.45, 7) is 4.25. The highest BCUT2D eigenvalue weighted by Crippen LogP contribution is 2.60. The first-order chi connectivity index (χ1) is 32.9. The number of rotatable bonds is 39. The highest BCUT2D eigenvalue weighted by molar-refractivity contribution is 7.61. The van der Waals surface area contributed by atoms with Crippen molar-refractivity contribution in [3.63, 3.8) is 0 Å². The van der Waals surface area contributed by atoms with Gasteiger partial charge in [0.05, 0.1) is 19.3 Å². The van der Waals surface area contributed by atoms with Crippen molar-refractivity contribution in [3.8, 4) is 0 Å². The molecule has 1 aromatic rings. The molecule has 8 atom stereocenters. The van der Waals surface area contributed by atoms with Crippen LogP contribution in [0.2, 0.25) is 0 Å². The standard InChI is InChI=1S/C48H81N3O16P2/c1-4-5-6-7-19-24-29-39(52)30-25-20-15-12-13-16-21-26-31-43(53)62-35-40(65-44(54)32-27-22-17-11-9-8-10-14-18-23-28-38(2)3)36-63-68(58,59)67-69(60,61)64-37-41-45(55)46(56)47(66-41)51-34-33-42(49)50-48(51)57/h13,15-16,19-20,24-25,30,33-34,38-41,45-47,52,55-56H,4-12,14,17-18,21-23,26-29,31-32,35-37H2,1-3H3,(H,58,59)(H,60,61)(H2,49,50,57)/b16-13-,20-15-,24-19-,30-25+/t39-,40-,41-,45-,46-,47-/m1/s1. The number of allylic oxidation sites excluding steroid dienone is 6. The summed E-state index contributed by atoms with van der Waals surface area (Å²) in [5.74, 6) is -0.670. The highest BCUT2D eigenvalue weighted by atomic mass is 31.3. The van der Waals surface area contributed by atoms with E-state index in [-0.39, 0.29) is 18.7 Å². The van der Waals surface area contributed by atoms with E-state index in [1.807, 2.05) is 30.4 Å². The van der Waals surface area contributed by atoms with Gasteiger partial charge in [-0.3, -0.25) is 23.2 Å². The fraction of sp³-hybridized carbons (Fsp3) is 0.708. The Balaban J connectivity index is 1.85. The molecule has 0 saturated carbocycles. The zero-order valence-corrected chi connectivity index (χ0v) is 42.7. The van der Waals surface area contributed by atoms with Gasteiger partial charge in [-0.2, -0.15) is 9.29 Å². The van der Waals surface area contributed by atoms with E-state index in [4.69, 9.17) is 29.0 Å². The van der Waals surface area contributed by atoms with E-state index in [0.717, 1.165) is 55.2 Å². The zero-order valence-electron chi connectivity index (χ0n) is 40.9. The third-order valence-electron chi connectivity index (χ3n) is 10.9. The number of nitrogens with zero attached hydrogens (tertiary/aromatic N) is 2. The number of nitrogen functional groups attached to an aromatic ring is 1. The van der Waals surface area contributed by atoms with Gasteiger partial charge in [-0.15, -0.1) is 0 Å². The molecule has 394 valence electrons. The average molecular weight is 1020 g/mol. The largest absolute Gasteiger partial charge is 0.481 e. The minimum Gasteiger partial charge on any atom is -0.462 e. The van der Waals surface area contributed by atoms with Crippen LogP contribution < -0.4 is 11.4 Å². The van der Waals surface area contributed by atoms with Gasteiger partial charge in [0.2, 0.25) is 0 Å². The quantitative estimate of drug-likeness (QED) is 0.0118. The van der Waals surface area contributed by atoms with Gasteiger partial charge in [0.1, 0.15) is 30.7 Å². The first kappa shape index (κ1) is 61.8. The van der Waals surface area contributed by atoms with Crippen molar-refractivity contribution in [2.75, 3.05) is 25.6 Å². The molecule has 1 aliphatic rings. The molecule has 1 saturated heterocycles. The van der Waals surface area contributed by atoms with Crippen molar-refractivity contribution < 1.29 is 71.4 Å². The normalized spacial score (nSPS) is 20.3. The van der Waals surface area contributed by atoms with Crippen molar-refractivity contribution in [2.45, 2.75) is 192 Å². The Kier molecular flexibility index (Phi) is 32.0. The minimum atomic E-state index is -5.44. The van der Waals surface area contributed by atoms with Crippen LogP contribution in [0.15, 0.2) is 65.7 Å². The molecule has 0 aromatic carbocycles. The van der Waals surface area contributed by atoms with Crippen LogP contribution in [0.3, 0.4) is 0 Å². The number of anilines is 1. The average Bonchev–Trinajstić information content (AvgIpc) is 3.57. The van der Waals surface area contributed by atoms with Crippen molar-refractivity contribution in [1.29, 1.82) is 0 Å². The van der Waals surface area contributed by atoms with Crippen LogP contribution in [0.5, 0.6) is 0 Å². The molecule has 0 bridgehead atoms. The summed E-state index contributed by atoms with van der Waals surface area (Å²) >= 11 is 0. The van der Waals surface area contributed by atoms with E-state index in [1.165, 1.54) is 57.4 Å². The summed E-state index contributed by atoms with van der Waals surface area (Å²) in [5.41, 5.74) is 4.57. The van der Waals surface area contributed by atoms with Crippen LogP contribution in [-0.4, -0.2) is 96.9 Å². The molecule has 0 spiro atoms. The molecular weight excluding hydrogens is 936 g/mol. The lowest BCUT2D eigenvalue weighted by molar-refractivity contribution is -0.161. The maximum Gasteiger partial charge on any atom is 0.481 e. The Bertz CT molecular complexity index is 1870. The lowest BCUT2D eigenvalue weighted by Crippen LogP contribution is -2.36. The number of aliphatic hydroxyl groups excluding tert-OH is 3. The second-order valence-electron chi connectivity index (χ2n) is 17.6. The van der Waals surface area contributed by atoms with E-state index < -0.39 is 89.8 Å². The number of carbonyl (C=O) groups excluding carboxylic acids is 2. The molecule has 69 heavy (non-hydrogen) atoms. The van der Waals surface area contributed by atoms with E-state index >= 15 is 0 Å². The molecule has 2 heterocycles. The van der Waals surface area contributed by atoms with Gasteiger partial charge in [0, 0.05) is 19.0 Å². The number of phosphoric ester groups is 2. The van der Waals surface area contributed by atoms with Crippen LogP contribution in [0.25, 0.3) is 0 Å². The fourth-order valence-corrected chi connectivity index (χ4v) is 9.15. The fourth-order valence-electron chi connectivity index (χ4n) is 7.04. The summed E-state index contributed by atoms with van der Waals surface area (Å²) in [4.78, 5) is 61.8. The SMILES string of the molecule is CCCCC/C=C\C[C@@H](O)/C=C/C=C\C/C=C\CCCC(=O)OC[C@H](COP(=O)(O)OP(=O)(O)OC[C@H]1O[C@@H](n2ccc(N)nc2=O)[C@H](O)[C@@H]1O)OC(=O)CCCCCCCCCCCCC(C)C. The van der Waals surface area contributed by atoms with Gasteiger partial charge in [-0.25, -0.2) is 13.9 Å². The molecule has 1 fully saturated rings. The van der Waals surface area contributed by atoms with Gasteiger partial charge >= 0.3 is 33.3 Å². The molecule has 19 nitrogen and oxygen atoms in total. The van der Waals surface area contributed by atoms with Crippen LogP contribution in [0, 0.1) is 5.92 Å². The summed E-state index contributed by atoms with van der Waals surface area (Å²) < 4.78 is 56.6. The molecule has 0 aliphatic carbocycles. The third-order valence-corrected chi connectivity index (χ3v) is 13.5.